The van der Waals surface area contributed by atoms with E-state index in [9.17, 15) is 0 Å². The number of rotatable bonds is 4. The van der Waals surface area contributed by atoms with Gasteiger partial charge in [-0.05, 0) is 24.3 Å². The topological polar surface area (TPSA) is 69.6 Å². The molecule has 0 aromatic carbocycles. The van der Waals surface area contributed by atoms with Crippen molar-refractivity contribution in [2.24, 2.45) is 0 Å². The summed E-state index contributed by atoms with van der Waals surface area (Å²) >= 11 is 1.71. The van der Waals surface area contributed by atoms with Crippen LogP contribution in [0.3, 0.4) is 0 Å². The molecule has 0 aliphatic heterocycles. The maximum Gasteiger partial charge on any atom is 0.178 e. The molecule has 0 atom stereocenters. The monoisotopic (exact) mass is 235 g/mol. The Kier molecular flexibility index (Phi) is 3.40. The smallest absolute Gasteiger partial charge is 0.178 e. The summed E-state index contributed by atoms with van der Waals surface area (Å²) in [6, 6.07) is 3.63. The van der Waals surface area contributed by atoms with Gasteiger partial charge in [-0.2, -0.15) is 14.9 Å². The summed E-state index contributed by atoms with van der Waals surface area (Å²) in [6.45, 7) is 2.14. The van der Waals surface area contributed by atoms with Gasteiger partial charge in [0.05, 0.1) is 11.1 Å². The van der Waals surface area contributed by atoms with Crippen LogP contribution >= 0.6 is 11.8 Å². The van der Waals surface area contributed by atoms with E-state index < -0.39 is 0 Å². The lowest BCUT2D eigenvalue weighted by Gasteiger charge is -2.02. The minimum Gasteiger partial charge on any atom is -0.383 e. The molecule has 0 saturated carbocycles. The highest BCUT2D eigenvalue weighted by Gasteiger charge is 2.09. The van der Waals surface area contributed by atoms with E-state index in [4.69, 9.17) is 5.73 Å². The SMILES string of the molecule is CCCSc1cnn(-c2cccnn2)c1N. The zero-order chi connectivity index (χ0) is 11.4. The van der Waals surface area contributed by atoms with Gasteiger partial charge in [-0.25, -0.2) is 0 Å². The van der Waals surface area contributed by atoms with Gasteiger partial charge in [-0.15, -0.1) is 16.9 Å². The quantitative estimate of drug-likeness (QED) is 0.817. The maximum absolute atomic E-state index is 5.99. The molecule has 84 valence electrons. The van der Waals surface area contributed by atoms with E-state index in [2.05, 4.69) is 22.2 Å². The van der Waals surface area contributed by atoms with Crippen molar-refractivity contribution in [1.82, 2.24) is 20.0 Å². The highest BCUT2D eigenvalue weighted by atomic mass is 32.2. The van der Waals surface area contributed by atoms with Crippen molar-refractivity contribution in [2.75, 3.05) is 11.5 Å². The molecule has 0 aliphatic rings. The van der Waals surface area contributed by atoms with Crippen molar-refractivity contribution >= 4 is 17.6 Å². The van der Waals surface area contributed by atoms with Crippen LogP contribution in [-0.4, -0.2) is 25.7 Å². The van der Waals surface area contributed by atoms with Crippen molar-refractivity contribution in [3.8, 4) is 5.82 Å². The van der Waals surface area contributed by atoms with Gasteiger partial charge in [0.1, 0.15) is 5.82 Å². The fourth-order valence-electron chi connectivity index (χ4n) is 1.26. The predicted octanol–water partition coefficient (Wildman–Crippen LogP) is 1.75. The molecule has 2 aromatic heterocycles. The van der Waals surface area contributed by atoms with Crippen molar-refractivity contribution in [3.63, 3.8) is 0 Å². The first-order valence-electron chi connectivity index (χ1n) is 5.07. The lowest BCUT2D eigenvalue weighted by molar-refractivity contribution is 0.822. The van der Waals surface area contributed by atoms with Crippen molar-refractivity contribution < 1.29 is 0 Å². The lowest BCUT2D eigenvalue weighted by Crippen LogP contribution is -2.04. The Morgan fingerprint density at radius 1 is 1.50 bits per heavy atom. The maximum atomic E-state index is 5.99. The van der Waals surface area contributed by atoms with Gasteiger partial charge >= 0.3 is 0 Å². The number of anilines is 1. The van der Waals surface area contributed by atoms with Gasteiger partial charge in [0.2, 0.25) is 0 Å². The summed E-state index contributed by atoms with van der Waals surface area (Å²) in [5.41, 5.74) is 5.99. The highest BCUT2D eigenvalue weighted by molar-refractivity contribution is 7.99. The molecule has 0 spiro atoms. The van der Waals surface area contributed by atoms with Crippen LogP contribution in [0, 0.1) is 0 Å². The Morgan fingerprint density at radius 2 is 2.38 bits per heavy atom. The van der Waals surface area contributed by atoms with Crippen LogP contribution < -0.4 is 5.73 Å². The van der Waals surface area contributed by atoms with Gasteiger partial charge in [0.15, 0.2) is 5.82 Å². The van der Waals surface area contributed by atoms with Gasteiger partial charge < -0.3 is 5.73 Å². The van der Waals surface area contributed by atoms with Crippen LogP contribution in [0.15, 0.2) is 29.4 Å². The fraction of sp³-hybridized carbons (Fsp3) is 0.300. The Labute approximate surface area is 98.1 Å². The summed E-state index contributed by atoms with van der Waals surface area (Å²) < 4.78 is 1.60. The van der Waals surface area contributed by atoms with Crippen LogP contribution in [0.2, 0.25) is 0 Å². The van der Waals surface area contributed by atoms with E-state index in [1.54, 1.807) is 28.8 Å². The van der Waals surface area contributed by atoms with E-state index in [0.29, 0.717) is 11.6 Å². The van der Waals surface area contributed by atoms with E-state index in [0.717, 1.165) is 17.1 Å². The molecule has 2 aromatic rings. The molecule has 2 heterocycles. The average molecular weight is 235 g/mol. The second-order valence-corrected chi connectivity index (χ2v) is 4.37. The minimum absolute atomic E-state index is 0.624. The molecule has 0 amide bonds. The second kappa shape index (κ2) is 4.98. The normalized spacial score (nSPS) is 10.6. The summed E-state index contributed by atoms with van der Waals surface area (Å²) in [7, 11) is 0. The van der Waals surface area contributed by atoms with Gasteiger partial charge in [0, 0.05) is 6.20 Å². The Morgan fingerprint density at radius 3 is 3.06 bits per heavy atom. The number of hydrogen-bond acceptors (Lipinski definition) is 5. The van der Waals surface area contributed by atoms with E-state index >= 15 is 0 Å². The second-order valence-electron chi connectivity index (χ2n) is 3.24. The van der Waals surface area contributed by atoms with Crippen LogP contribution in [0.5, 0.6) is 0 Å². The average Bonchev–Trinajstić information content (AvgIpc) is 2.69. The largest absolute Gasteiger partial charge is 0.383 e. The van der Waals surface area contributed by atoms with Gasteiger partial charge in [0.25, 0.3) is 0 Å². The molecule has 0 radical (unpaired) electrons. The number of nitrogens with two attached hydrogens (primary N) is 1. The molecule has 0 unspecified atom stereocenters. The minimum atomic E-state index is 0.624. The number of aromatic nitrogens is 4. The first-order chi connectivity index (χ1) is 7.83. The number of hydrogen-bond donors (Lipinski definition) is 1. The van der Waals surface area contributed by atoms with Crippen molar-refractivity contribution in [2.45, 2.75) is 18.2 Å². The first-order valence-corrected chi connectivity index (χ1v) is 6.06. The third-order valence-corrected chi connectivity index (χ3v) is 3.25. The third kappa shape index (κ3) is 2.16. The molecule has 0 aliphatic carbocycles. The Hall–Kier alpha value is -1.56. The molecule has 6 heteroatoms. The third-order valence-electron chi connectivity index (χ3n) is 2.01. The number of thioether (sulfide) groups is 1. The number of nitrogen functional groups attached to an aromatic ring is 1. The molecule has 0 fully saturated rings. The molecule has 0 saturated heterocycles. The van der Waals surface area contributed by atoms with Crippen molar-refractivity contribution in [1.29, 1.82) is 0 Å². The Bertz CT molecular complexity index is 453. The Balaban J connectivity index is 2.27. The molecule has 2 N–H and O–H groups in total. The predicted molar refractivity (Wildman–Crippen MR) is 64.6 cm³/mol. The fourth-order valence-corrected chi connectivity index (χ4v) is 2.04. The molecule has 16 heavy (non-hydrogen) atoms. The van der Waals surface area contributed by atoms with Crippen LogP contribution in [0.25, 0.3) is 5.82 Å². The first kappa shape index (κ1) is 10.9. The summed E-state index contributed by atoms with van der Waals surface area (Å²) in [6.07, 6.45) is 4.50. The van der Waals surface area contributed by atoms with Crippen molar-refractivity contribution in [3.05, 3.63) is 24.5 Å². The zero-order valence-corrected chi connectivity index (χ0v) is 9.81. The zero-order valence-electron chi connectivity index (χ0n) is 9.00. The highest BCUT2D eigenvalue weighted by Crippen LogP contribution is 2.26. The molecule has 2 rings (SSSR count). The summed E-state index contributed by atoms with van der Waals surface area (Å²) in [4.78, 5) is 0.993. The number of nitrogens with zero attached hydrogens (tertiary/aromatic N) is 4. The summed E-state index contributed by atoms with van der Waals surface area (Å²) in [5.74, 6) is 2.30. The van der Waals surface area contributed by atoms with E-state index in [-0.39, 0.29) is 0 Å². The van der Waals surface area contributed by atoms with Gasteiger partial charge in [-0.1, -0.05) is 6.92 Å². The standard InChI is InChI=1S/C10H13N5S/c1-2-6-16-8-7-13-15(10(8)11)9-4-3-5-12-14-9/h3-5,7H,2,6,11H2,1H3. The lowest BCUT2D eigenvalue weighted by atomic mass is 10.5. The van der Waals surface area contributed by atoms with Crippen LogP contribution in [-0.2, 0) is 0 Å². The molecular weight excluding hydrogens is 222 g/mol. The summed E-state index contributed by atoms with van der Waals surface area (Å²) in [5, 5.41) is 12.0. The molecule has 5 nitrogen and oxygen atoms in total. The van der Waals surface area contributed by atoms with E-state index in [1.165, 1.54) is 0 Å². The van der Waals surface area contributed by atoms with Gasteiger partial charge in [-0.3, -0.25) is 0 Å². The van der Waals surface area contributed by atoms with Crippen LogP contribution in [0.4, 0.5) is 5.82 Å². The molecule has 0 bridgehead atoms. The van der Waals surface area contributed by atoms with Crippen LogP contribution in [0.1, 0.15) is 13.3 Å². The van der Waals surface area contributed by atoms with E-state index in [1.807, 2.05) is 12.1 Å². The molecular formula is C10H13N5S.